The highest BCUT2D eigenvalue weighted by Gasteiger charge is 2.39. The number of nitrogens with zero attached hydrogens (tertiary/aromatic N) is 1. The van der Waals surface area contributed by atoms with Crippen molar-refractivity contribution < 1.29 is 33.8 Å². The molecule has 1 saturated heterocycles. The number of thioether (sulfide) groups is 1. The molecule has 0 radical (unpaired) electrons. The number of amides is 4. The number of carbonyl (C=O) groups is 5. The smallest absolute Gasteiger partial charge is 0.329 e. The van der Waals surface area contributed by atoms with Gasteiger partial charge in [-0.1, -0.05) is 92.0 Å². The maximum Gasteiger partial charge on any atom is 0.329 e. The third-order valence-electron chi connectivity index (χ3n) is 7.40. The molecule has 10 nitrogen and oxygen atoms in total. The number of imide groups is 1. The number of aromatic hydroxyl groups is 1. The predicted octanol–water partition coefficient (Wildman–Crippen LogP) is 6.12. The van der Waals surface area contributed by atoms with Crippen LogP contribution < -0.4 is 10.6 Å². The normalized spacial score (nSPS) is 15.9. The molecule has 2 rings (SSSR count). The molecule has 0 aliphatic carbocycles. The summed E-state index contributed by atoms with van der Waals surface area (Å²) >= 11 is 1.06. The van der Waals surface area contributed by atoms with Crippen LogP contribution in [0, 0.1) is 0 Å². The summed E-state index contributed by atoms with van der Waals surface area (Å²) in [4.78, 5) is 63.7. The first kappa shape index (κ1) is 41.5. The second-order valence-corrected chi connectivity index (χ2v) is 12.5. The minimum atomic E-state index is -1.10. The number of hydrogen-bond donors (Lipinski definition) is 3. The molecule has 1 aliphatic heterocycles. The molecule has 270 valence electrons. The van der Waals surface area contributed by atoms with Gasteiger partial charge in [-0.2, -0.15) is 0 Å². The zero-order chi connectivity index (χ0) is 36.4. The number of phenolic OH excluding ortho intramolecular Hbond substituents is 1. The molecule has 2 atom stereocenters. The average Bonchev–Trinajstić information content (AvgIpc) is 3.38. The summed E-state index contributed by atoms with van der Waals surface area (Å²) in [6.07, 6.45) is 32.0. The Morgan fingerprint density at radius 3 is 2.02 bits per heavy atom. The minimum Gasteiger partial charge on any atom is -0.507 e. The zero-order valence-corrected chi connectivity index (χ0v) is 29.9. The van der Waals surface area contributed by atoms with Crippen LogP contribution in [0.2, 0.25) is 0 Å². The quantitative estimate of drug-likeness (QED) is 0.0703. The fourth-order valence-corrected chi connectivity index (χ4v) is 5.87. The number of ether oxygens (including phenoxy) is 1. The lowest BCUT2D eigenvalue weighted by Crippen LogP contribution is -2.44. The van der Waals surface area contributed by atoms with E-state index >= 15 is 0 Å². The molecule has 1 heterocycles. The largest absolute Gasteiger partial charge is 0.507 e. The van der Waals surface area contributed by atoms with Crippen molar-refractivity contribution in [1.29, 1.82) is 0 Å². The summed E-state index contributed by atoms with van der Waals surface area (Å²) in [6, 6.07) is 4.79. The number of carbonyl (C=O) groups excluding carboxylic acids is 5. The van der Waals surface area contributed by atoms with E-state index < -0.39 is 29.1 Å². The molecule has 2 unspecified atom stereocenters. The molecule has 0 spiro atoms. The number of likely N-dealkylation sites (tertiary alicyclic amines) is 1. The van der Waals surface area contributed by atoms with Crippen molar-refractivity contribution in [2.24, 2.45) is 0 Å². The van der Waals surface area contributed by atoms with Crippen molar-refractivity contribution in [2.75, 3.05) is 26.0 Å². The van der Waals surface area contributed by atoms with E-state index in [-0.39, 0.29) is 48.4 Å². The van der Waals surface area contributed by atoms with Gasteiger partial charge < -0.3 is 20.5 Å². The lowest BCUT2D eigenvalue weighted by atomic mass is 10.2. The fourth-order valence-electron chi connectivity index (χ4n) is 4.69. The molecular formula is C39H51N3O7S. The molecule has 1 aliphatic rings. The molecule has 50 heavy (non-hydrogen) atoms. The second-order valence-electron chi connectivity index (χ2n) is 11.3. The van der Waals surface area contributed by atoms with Crippen molar-refractivity contribution in [2.45, 2.75) is 76.0 Å². The second kappa shape index (κ2) is 25.3. The average molecular weight is 706 g/mol. The Labute approximate surface area is 300 Å². The highest BCUT2D eigenvalue weighted by molar-refractivity contribution is 8.00. The van der Waals surface area contributed by atoms with Gasteiger partial charge in [0.05, 0.1) is 17.9 Å². The van der Waals surface area contributed by atoms with E-state index in [9.17, 15) is 29.1 Å². The Kier molecular flexibility index (Phi) is 21.1. The van der Waals surface area contributed by atoms with Crippen molar-refractivity contribution in [3.8, 4) is 5.75 Å². The van der Waals surface area contributed by atoms with Crippen LogP contribution in [0.25, 0.3) is 0 Å². The molecule has 0 bridgehead atoms. The lowest BCUT2D eigenvalue weighted by Gasteiger charge is -2.18. The third-order valence-corrected chi connectivity index (χ3v) is 8.69. The number of para-hydroxylation sites is 1. The first-order valence-corrected chi connectivity index (χ1v) is 18.1. The molecule has 3 N–H and O–H groups in total. The number of benzene rings is 1. The Bertz CT molecular complexity index is 1430. The van der Waals surface area contributed by atoms with Gasteiger partial charge in [0.2, 0.25) is 17.7 Å². The van der Waals surface area contributed by atoms with Crippen LogP contribution in [0.5, 0.6) is 5.75 Å². The van der Waals surface area contributed by atoms with Crippen LogP contribution in [0.4, 0.5) is 0 Å². The van der Waals surface area contributed by atoms with E-state index in [0.29, 0.717) is 12.8 Å². The molecule has 1 aromatic rings. The molecule has 0 aromatic heterocycles. The van der Waals surface area contributed by atoms with E-state index in [1.54, 1.807) is 12.1 Å². The van der Waals surface area contributed by atoms with E-state index in [4.69, 9.17) is 4.74 Å². The van der Waals surface area contributed by atoms with Crippen molar-refractivity contribution in [3.63, 3.8) is 0 Å². The number of esters is 1. The van der Waals surface area contributed by atoms with Crippen LogP contribution in [0.1, 0.15) is 75.1 Å². The van der Waals surface area contributed by atoms with E-state index in [1.165, 1.54) is 19.2 Å². The fraction of sp³-hybridized carbons (Fsp3) is 0.410. The van der Waals surface area contributed by atoms with Gasteiger partial charge in [0.25, 0.3) is 5.91 Å². The number of hydrogen-bond acceptors (Lipinski definition) is 8. The van der Waals surface area contributed by atoms with Crippen LogP contribution in [0.15, 0.2) is 97.2 Å². The number of allylic oxidation sites excluding steroid dienone is 12. The van der Waals surface area contributed by atoms with Crippen molar-refractivity contribution >= 4 is 41.4 Å². The molecule has 0 saturated carbocycles. The van der Waals surface area contributed by atoms with Gasteiger partial charge in [-0.3, -0.25) is 24.1 Å². The van der Waals surface area contributed by atoms with Gasteiger partial charge in [-0.25, -0.2) is 4.79 Å². The van der Waals surface area contributed by atoms with Gasteiger partial charge in [0, 0.05) is 31.7 Å². The highest BCUT2D eigenvalue weighted by atomic mass is 32.2. The number of rotatable bonds is 23. The van der Waals surface area contributed by atoms with E-state index in [0.717, 1.165) is 55.2 Å². The third kappa shape index (κ3) is 16.6. The predicted molar refractivity (Wildman–Crippen MR) is 199 cm³/mol. The zero-order valence-electron chi connectivity index (χ0n) is 29.1. The van der Waals surface area contributed by atoms with Crippen molar-refractivity contribution in [3.05, 3.63) is 103 Å². The van der Waals surface area contributed by atoms with Crippen LogP contribution in [-0.2, 0) is 23.9 Å². The van der Waals surface area contributed by atoms with Crippen LogP contribution in [-0.4, -0.2) is 76.8 Å². The standard InChI is InChI=1S/C39H51N3O7S/c1-3-4-5-6-7-8-9-10-11-12-13-14-15-16-17-18-19-20-21-26-35(44)40-27-28-42-36(45)29-34(38(42)47)50-30-32(39(48)49-2)41-37(46)31-24-22-23-25-33(31)43/h4-5,7-8,10-11,13-14,16-17,19-20,22-25,32,34,43H,3,6,9,12,15,18,21,26-30H2,1-2H3,(H,40,44)(H,41,46)/b5-4-,8-7-,11-10-,14-13-,17-16-,20-19-. The topological polar surface area (TPSA) is 142 Å². The SMILES string of the molecule is CC/C=C\C/C=C\C/C=C\C/C=C\C/C=C\C/C=C\CCC(=O)NCCN1C(=O)CC(SCC(NC(=O)c2ccccc2O)C(=O)OC)C1=O. The van der Waals surface area contributed by atoms with E-state index in [1.807, 2.05) is 12.2 Å². The van der Waals surface area contributed by atoms with Gasteiger partial charge in [-0.05, 0) is 57.1 Å². The Morgan fingerprint density at radius 2 is 1.46 bits per heavy atom. The molecular weight excluding hydrogens is 655 g/mol. The first-order chi connectivity index (χ1) is 24.3. The summed E-state index contributed by atoms with van der Waals surface area (Å²) in [5.74, 6) is -2.61. The van der Waals surface area contributed by atoms with E-state index in [2.05, 4.69) is 78.3 Å². The first-order valence-electron chi connectivity index (χ1n) is 17.1. The lowest BCUT2D eigenvalue weighted by molar-refractivity contribution is -0.142. The molecule has 1 fully saturated rings. The Hall–Kier alpha value is -4.64. The monoisotopic (exact) mass is 705 g/mol. The number of nitrogens with one attached hydrogen (secondary N) is 2. The van der Waals surface area contributed by atoms with Gasteiger partial charge in [0.1, 0.15) is 11.8 Å². The Balaban J connectivity index is 1.60. The minimum absolute atomic E-state index is 0.0101. The number of methoxy groups -OCH3 is 1. The van der Waals surface area contributed by atoms with Gasteiger partial charge >= 0.3 is 5.97 Å². The van der Waals surface area contributed by atoms with Crippen molar-refractivity contribution in [1.82, 2.24) is 15.5 Å². The molecule has 11 heteroatoms. The maximum absolute atomic E-state index is 12.9. The molecule has 4 amide bonds. The summed E-state index contributed by atoms with van der Waals surface area (Å²) in [5, 5.41) is 14.5. The summed E-state index contributed by atoms with van der Waals surface area (Å²) in [7, 11) is 1.18. The highest BCUT2D eigenvalue weighted by Crippen LogP contribution is 2.26. The van der Waals surface area contributed by atoms with Crippen LogP contribution >= 0.6 is 11.8 Å². The van der Waals surface area contributed by atoms with Gasteiger partial charge in [0.15, 0.2) is 0 Å². The van der Waals surface area contributed by atoms with Crippen LogP contribution in [0.3, 0.4) is 0 Å². The maximum atomic E-state index is 12.9. The Morgan fingerprint density at radius 1 is 0.900 bits per heavy atom. The summed E-state index contributed by atoms with van der Waals surface area (Å²) in [5.41, 5.74) is -0.0101. The molecule has 1 aromatic carbocycles. The summed E-state index contributed by atoms with van der Waals surface area (Å²) < 4.78 is 4.78. The van der Waals surface area contributed by atoms with Gasteiger partial charge in [-0.15, -0.1) is 11.8 Å². The number of phenols is 1. The summed E-state index contributed by atoms with van der Waals surface area (Å²) in [6.45, 7) is 2.32.